The fourth-order valence-electron chi connectivity index (χ4n) is 4.97. The topological polar surface area (TPSA) is 117 Å². The van der Waals surface area contributed by atoms with Crippen molar-refractivity contribution < 1.29 is 22.7 Å². The van der Waals surface area contributed by atoms with Crippen LogP contribution in [0.1, 0.15) is 48.2 Å². The Balaban J connectivity index is 1.44. The Morgan fingerprint density at radius 2 is 1.74 bits per heavy atom. The van der Waals surface area contributed by atoms with Gasteiger partial charge >= 0.3 is 6.09 Å². The molecule has 208 valence electrons. The number of amides is 2. The minimum Gasteiger partial charge on any atom is -0.450 e. The van der Waals surface area contributed by atoms with Crippen LogP contribution in [0, 0.1) is 13.8 Å². The van der Waals surface area contributed by atoms with Crippen LogP contribution in [0.15, 0.2) is 29.4 Å². The first-order chi connectivity index (χ1) is 18.1. The maximum Gasteiger partial charge on any atom is 0.409 e. The molecule has 4 rings (SSSR count). The number of sulfonamides is 1. The zero-order chi connectivity index (χ0) is 27.4. The highest BCUT2D eigenvalue weighted by molar-refractivity contribution is 7.89. The molecule has 0 radical (unpaired) electrons. The summed E-state index contributed by atoms with van der Waals surface area (Å²) in [6, 6.07) is 5.98. The van der Waals surface area contributed by atoms with Gasteiger partial charge in [0, 0.05) is 63.7 Å². The monoisotopic (exact) mass is 546 g/mol. The quantitative estimate of drug-likeness (QED) is 0.567. The average Bonchev–Trinajstić information content (AvgIpc) is 3.37. The van der Waals surface area contributed by atoms with Gasteiger partial charge in [-0.2, -0.15) is 9.40 Å². The third kappa shape index (κ3) is 5.80. The van der Waals surface area contributed by atoms with Gasteiger partial charge in [0.2, 0.25) is 5.03 Å². The number of hydrogen-bond donors (Lipinski definition) is 1. The number of anilines is 1. The van der Waals surface area contributed by atoms with Gasteiger partial charge in [0.05, 0.1) is 12.2 Å². The number of piperidine rings is 1. The van der Waals surface area contributed by atoms with E-state index in [9.17, 15) is 18.0 Å². The number of hydrogen-bond acceptors (Lipinski definition) is 7. The third-order valence-corrected chi connectivity index (χ3v) is 9.23. The summed E-state index contributed by atoms with van der Waals surface area (Å²) in [4.78, 5) is 29.0. The third-order valence-electron chi connectivity index (χ3n) is 7.39. The molecule has 3 heterocycles. The molecule has 0 atom stereocenters. The maximum absolute atomic E-state index is 13.7. The van der Waals surface area contributed by atoms with Crippen LogP contribution in [0.4, 0.5) is 10.5 Å². The van der Waals surface area contributed by atoms with Crippen molar-refractivity contribution in [1.29, 1.82) is 0 Å². The smallest absolute Gasteiger partial charge is 0.409 e. The molecule has 0 saturated carbocycles. The molecule has 38 heavy (non-hydrogen) atoms. The van der Waals surface area contributed by atoms with E-state index in [1.807, 2.05) is 13.0 Å². The second kappa shape index (κ2) is 11.7. The summed E-state index contributed by atoms with van der Waals surface area (Å²) < 4.78 is 35.3. The zero-order valence-corrected chi connectivity index (χ0v) is 23.5. The molecule has 2 aliphatic heterocycles. The van der Waals surface area contributed by atoms with Gasteiger partial charge in [-0.1, -0.05) is 12.1 Å². The van der Waals surface area contributed by atoms with Crippen molar-refractivity contribution in [1.82, 2.24) is 24.3 Å². The van der Waals surface area contributed by atoms with E-state index in [0.717, 1.165) is 5.69 Å². The molecule has 12 heteroatoms. The summed E-state index contributed by atoms with van der Waals surface area (Å²) >= 11 is 0. The minimum absolute atomic E-state index is 0.0524. The van der Waals surface area contributed by atoms with Gasteiger partial charge in [-0.15, -0.1) is 0 Å². The summed E-state index contributed by atoms with van der Waals surface area (Å²) in [6.07, 6.45) is 2.28. The summed E-state index contributed by atoms with van der Waals surface area (Å²) in [7, 11) is -3.97. The lowest BCUT2D eigenvalue weighted by Gasteiger charge is -2.36. The Bertz CT molecular complexity index is 1260. The maximum atomic E-state index is 13.7. The minimum atomic E-state index is -3.97. The molecule has 0 unspecified atom stereocenters. The summed E-state index contributed by atoms with van der Waals surface area (Å²) in [5.74, 6) is -0.466. The zero-order valence-electron chi connectivity index (χ0n) is 22.6. The van der Waals surface area contributed by atoms with E-state index in [0.29, 0.717) is 65.3 Å². The molecule has 0 spiro atoms. The predicted octanol–water partition coefficient (Wildman–Crippen LogP) is 2.38. The van der Waals surface area contributed by atoms with Crippen LogP contribution in [-0.2, 0) is 21.3 Å². The molecule has 2 amide bonds. The Kier molecular flexibility index (Phi) is 8.61. The van der Waals surface area contributed by atoms with Gasteiger partial charge in [-0.05, 0) is 57.7 Å². The predicted molar refractivity (Wildman–Crippen MR) is 144 cm³/mol. The highest BCUT2D eigenvalue weighted by Gasteiger charge is 2.36. The van der Waals surface area contributed by atoms with Crippen molar-refractivity contribution in [3.63, 3.8) is 0 Å². The molecule has 2 aromatic rings. The van der Waals surface area contributed by atoms with Crippen molar-refractivity contribution in [3.05, 3.63) is 41.1 Å². The van der Waals surface area contributed by atoms with Crippen LogP contribution in [-0.4, -0.2) is 91.3 Å². The number of aromatic nitrogens is 2. The summed E-state index contributed by atoms with van der Waals surface area (Å²) in [6.45, 7) is 11.2. The average molecular weight is 547 g/mol. The SMILES string of the molecule is CCOC(=O)N1CCC(NC(=O)c2cn(CC)nc2S(=O)(=O)N2CCN(c3cccc(C)c3C)CC2)CC1. The molecule has 1 N–H and O–H groups in total. The lowest BCUT2D eigenvalue weighted by molar-refractivity contribution is 0.0857. The van der Waals surface area contributed by atoms with Crippen LogP contribution >= 0.6 is 0 Å². The number of carbonyl (C=O) groups excluding carboxylic acids is 2. The van der Waals surface area contributed by atoms with Crippen molar-refractivity contribution in [3.8, 4) is 0 Å². The van der Waals surface area contributed by atoms with Crippen LogP contribution in [0.3, 0.4) is 0 Å². The highest BCUT2D eigenvalue weighted by atomic mass is 32.2. The van der Waals surface area contributed by atoms with E-state index in [1.54, 1.807) is 11.8 Å². The molecule has 1 aromatic heterocycles. The number of nitrogens with one attached hydrogen (secondary N) is 1. The molecule has 2 saturated heterocycles. The second-order valence-electron chi connectivity index (χ2n) is 9.75. The molecular formula is C26H38N6O5S. The number of benzene rings is 1. The number of likely N-dealkylation sites (tertiary alicyclic amines) is 1. The van der Waals surface area contributed by atoms with Crippen molar-refractivity contribution >= 4 is 27.7 Å². The van der Waals surface area contributed by atoms with E-state index in [4.69, 9.17) is 4.74 Å². The van der Waals surface area contributed by atoms with Crippen LogP contribution in [0.2, 0.25) is 0 Å². The molecule has 11 nitrogen and oxygen atoms in total. The normalized spacial score (nSPS) is 17.5. The van der Waals surface area contributed by atoms with Crippen molar-refractivity contribution in [2.45, 2.75) is 58.1 Å². The number of rotatable bonds is 7. The largest absolute Gasteiger partial charge is 0.450 e. The number of aryl methyl sites for hydroxylation is 2. The van der Waals surface area contributed by atoms with E-state index in [2.05, 4.69) is 41.3 Å². The standard InChI is InChI=1S/C26H38N6O5S/c1-5-31-18-22(24(33)27-21-10-12-30(13-11-21)26(34)37-6-2)25(28-31)38(35,36)32-16-14-29(15-17-32)23-9-7-8-19(3)20(23)4/h7-9,18,21H,5-6,10-17H2,1-4H3,(H,27,33). The van der Waals surface area contributed by atoms with Crippen molar-refractivity contribution in [2.75, 3.05) is 50.8 Å². The van der Waals surface area contributed by atoms with Crippen molar-refractivity contribution in [2.24, 2.45) is 0 Å². The fraction of sp³-hybridized carbons (Fsp3) is 0.577. The van der Waals surface area contributed by atoms with E-state index in [-0.39, 0.29) is 22.7 Å². The summed E-state index contributed by atoms with van der Waals surface area (Å²) in [5, 5.41) is 7.04. The molecule has 1 aromatic carbocycles. The number of piperazine rings is 1. The Labute approximate surface area is 224 Å². The first kappa shape index (κ1) is 27.9. The number of carbonyl (C=O) groups is 2. The Hall–Kier alpha value is -3.12. The molecular weight excluding hydrogens is 508 g/mol. The van der Waals surface area contributed by atoms with Gasteiger partial charge in [-0.25, -0.2) is 13.2 Å². The second-order valence-corrected chi connectivity index (χ2v) is 11.6. The fourth-order valence-corrected chi connectivity index (χ4v) is 6.49. The van der Waals surface area contributed by atoms with E-state index < -0.39 is 15.9 Å². The van der Waals surface area contributed by atoms with Crippen LogP contribution < -0.4 is 10.2 Å². The number of nitrogens with zero attached hydrogens (tertiary/aromatic N) is 5. The van der Waals surface area contributed by atoms with E-state index >= 15 is 0 Å². The Morgan fingerprint density at radius 1 is 1.05 bits per heavy atom. The van der Waals surface area contributed by atoms with Crippen LogP contribution in [0.25, 0.3) is 0 Å². The van der Waals surface area contributed by atoms with Crippen LogP contribution in [0.5, 0.6) is 0 Å². The van der Waals surface area contributed by atoms with Gasteiger partial charge in [0.15, 0.2) is 0 Å². The lowest BCUT2D eigenvalue weighted by atomic mass is 10.1. The highest BCUT2D eigenvalue weighted by Crippen LogP contribution is 2.26. The van der Waals surface area contributed by atoms with Gasteiger partial charge < -0.3 is 19.9 Å². The molecule has 0 bridgehead atoms. The first-order valence-corrected chi connectivity index (χ1v) is 14.7. The van der Waals surface area contributed by atoms with Gasteiger partial charge in [-0.3, -0.25) is 9.48 Å². The van der Waals surface area contributed by atoms with Gasteiger partial charge in [0.25, 0.3) is 15.9 Å². The lowest BCUT2D eigenvalue weighted by Crippen LogP contribution is -2.49. The Morgan fingerprint density at radius 3 is 2.37 bits per heavy atom. The van der Waals surface area contributed by atoms with E-state index in [1.165, 1.54) is 26.3 Å². The van der Waals surface area contributed by atoms with Gasteiger partial charge in [0.1, 0.15) is 0 Å². The molecule has 2 aliphatic rings. The molecule has 0 aliphatic carbocycles. The summed E-state index contributed by atoms with van der Waals surface area (Å²) in [5.41, 5.74) is 3.56. The number of ether oxygens (including phenoxy) is 1. The molecule has 2 fully saturated rings. The first-order valence-electron chi connectivity index (χ1n) is 13.3.